The van der Waals surface area contributed by atoms with Gasteiger partial charge in [0.1, 0.15) is 5.75 Å². The monoisotopic (exact) mass is 273 g/mol. The Bertz CT molecular complexity index is 666. The first kappa shape index (κ1) is 14.4. The molecule has 2 N–H and O–H groups in total. The number of methoxy groups -OCH3 is 1. The van der Waals surface area contributed by atoms with Crippen LogP contribution in [0.5, 0.6) is 5.75 Å². The second kappa shape index (κ2) is 5.94. The molecule has 0 saturated heterocycles. The van der Waals surface area contributed by atoms with Gasteiger partial charge in [-0.25, -0.2) is 0 Å². The molecule has 1 aromatic heterocycles. The van der Waals surface area contributed by atoms with E-state index in [9.17, 15) is 14.8 Å². The molecule has 0 bridgehead atoms. The summed E-state index contributed by atoms with van der Waals surface area (Å²) in [5.74, 6) is 0.601. The third-order valence-electron chi connectivity index (χ3n) is 3.20. The van der Waals surface area contributed by atoms with Gasteiger partial charge < -0.3 is 19.4 Å². The van der Waals surface area contributed by atoms with Crippen molar-refractivity contribution in [3.05, 3.63) is 58.0 Å². The van der Waals surface area contributed by atoms with Crippen molar-refractivity contribution >= 4 is 12.6 Å². The number of aryl methyl sites for hydroxylation is 1. The van der Waals surface area contributed by atoms with Crippen LogP contribution in [-0.2, 0) is 6.54 Å². The van der Waals surface area contributed by atoms with Gasteiger partial charge in [-0.05, 0) is 24.5 Å². The fourth-order valence-electron chi connectivity index (χ4n) is 2.08. The van der Waals surface area contributed by atoms with Gasteiger partial charge in [0.25, 0.3) is 5.56 Å². The number of hydrogen-bond donors (Lipinski definition) is 2. The van der Waals surface area contributed by atoms with Crippen molar-refractivity contribution in [3.63, 3.8) is 0 Å². The van der Waals surface area contributed by atoms with Crippen LogP contribution in [0.1, 0.15) is 11.3 Å². The fraction of sp³-hybridized carbons (Fsp3) is 0.214. The van der Waals surface area contributed by atoms with E-state index in [0.717, 1.165) is 11.3 Å². The lowest BCUT2D eigenvalue weighted by Crippen LogP contribution is -2.30. The minimum atomic E-state index is -1.55. The van der Waals surface area contributed by atoms with Crippen LogP contribution in [0.25, 0.3) is 0 Å². The van der Waals surface area contributed by atoms with Gasteiger partial charge in [0.05, 0.1) is 13.7 Å². The first-order valence-electron chi connectivity index (χ1n) is 6.22. The third kappa shape index (κ3) is 2.92. The number of hydrogen-bond acceptors (Lipinski definition) is 4. The maximum atomic E-state index is 11.9. The van der Waals surface area contributed by atoms with E-state index < -0.39 is 7.12 Å². The molecule has 0 spiro atoms. The summed E-state index contributed by atoms with van der Waals surface area (Å²) in [6.45, 7) is 2.16. The zero-order valence-corrected chi connectivity index (χ0v) is 11.4. The summed E-state index contributed by atoms with van der Waals surface area (Å²) < 4.78 is 6.86. The molecule has 1 aromatic carbocycles. The van der Waals surface area contributed by atoms with Crippen LogP contribution >= 0.6 is 0 Å². The topological polar surface area (TPSA) is 71.7 Å². The second-order valence-electron chi connectivity index (χ2n) is 4.54. The highest BCUT2D eigenvalue weighted by Gasteiger charge is 2.14. The van der Waals surface area contributed by atoms with Gasteiger partial charge in [-0.1, -0.05) is 18.2 Å². The number of benzene rings is 1. The molecule has 0 unspecified atom stereocenters. The van der Waals surface area contributed by atoms with Crippen molar-refractivity contribution in [1.82, 2.24) is 4.57 Å². The Morgan fingerprint density at radius 3 is 2.60 bits per heavy atom. The summed E-state index contributed by atoms with van der Waals surface area (Å²) in [4.78, 5) is 11.9. The molecule has 0 aliphatic carbocycles. The number of ether oxygens (including phenoxy) is 1. The van der Waals surface area contributed by atoms with Gasteiger partial charge in [0.2, 0.25) is 0 Å². The predicted molar refractivity (Wildman–Crippen MR) is 77.4 cm³/mol. The van der Waals surface area contributed by atoms with Gasteiger partial charge in [-0.15, -0.1) is 0 Å². The number of rotatable bonds is 4. The Kier molecular flexibility index (Phi) is 4.27. The van der Waals surface area contributed by atoms with Crippen LogP contribution in [0, 0.1) is 6.92 Å². The summed E-state index contributed by atoms with van der Waals surface area (Å²) in [6.07, 6.45) is 0. The van der Waals surface area contributed by atoms with Crippen molar-refractivity contribution in [2.24, 2.45) is 0 Å². The Hall–Kier alpha value is -2.05. The quantitative estimate of drug-likeness (QED) is 0.763. The third-order valence-corrected chi connectivity index (χ3v) is 3.20. The first-order valence-corrected chi connectivity index (χ1v) is 6.22. The number of pyridine rings is 1. The first-order chi connectivity index (χ1) is 9.52. The summed E-state index contributed by atoms with van der Waals surface area (Å²) in [7, 11) is -0.0117. The average molecular weight is 273 g/mol. The minimum Gasteiger partial charge on any atom is -0.496 e. The van der Waals surface area contributed by atoms with E-state index in [2.05, 4.69) is 0 Å². The van der Waals surface area contributed by atoms with Gasteiger partial charge in [0, 0.05) is 17.3 Å². The average Bonchev–Trinajstić information content (AvgIpc) is 2.42. The predicted octanol–water partition coefficient (Wildman–Crippen LogP) is -0.107. The van der Waals surface area contributed by atoms with Crippen molar-refractivity contribution in [3.8, 4) is 5.75 Å². The van der Waals surface area contributed by atoms with Crippen LogP contribution < -0.4 is 15.8 Å². The zero-order chi connectivity index (χ0) is 14.7. The summed E-state index contributed by atoms with van der Waals surface area (Å²) in [5, 5.41) is 18.5. The normalized spacial score (nSPS) is 10.4. The second-order valence-corrected chi connectivity index (χ2v) is 4.54. The Labute approximate surface area is 117 Å². The highest BCUT2D eigenvalue weighted by atomic mass is 16.5. The molecule has 0 aliphatic heterocycles. The maximum Gasteiger partial charge on any atom is 0.488 e. The number of nitrogens with zero attached hydrogens (tertiary/aromatic N) is 1. The lowest BCUT2D eigenvalue weighted by Gasteiger charge is -2.14. The molecule has 0 fully saturated rings. The summed E-state index contributed by atoms with van der Waals surface area (Å²) in [5.41, 5.74) is 1.80. The van der Waals surface area contributed by atoms with Crippen LogP contribution in [0.15, 0.2) is 41.2 Å². The zero-order valence-electron chi connectivity index (χ0n) is 11.4. The van der Waals surface area contributed by atoms with Gasteiger partial charge in [-0.3, -0.25) is 4.79 Å². The Balaban J connectivity index is 2.46. The van der Waals surface area contributed by atoms with Crippen molar-refractivity contribution < 1.29 is 14.8 Å². The molecule has 1 heterocycles. The minimum absolute atomic E-state index is 0.109. The number of aromatic nitrogens is 1. The van der Waals surface area contributed by atoms with E-state index in [1.807, 2.05) is 13.0 Å². The smallest absolute Gasteiger partial charge is 0.488 e. The highest BCUT2D eigenvalue weighted by Crippen LogP contribution is 2.17. The molecule has 0 radical (unpaired) electrons. The van der Waals surface area contributed by atoms with Gasteiger partial charge in [-0.2, -0.15) is 0 Å². The molecule has 0 aliphatic rings. The molecule has 5 nitrogen and oxygen atoms in total. The molecule has 2 rings (SSSR count). The van der Waals surface area contributed by atoms with Crippen LogP contribution in [0.4, 0.5) is 0 Å². The summed E-state index contributed by atoms with van der Waals surface area (Å²) in [6, 6.07) is 9.91. The maximum absolute atomic E-state index is 11.9. The molecule has 2 aromatic rings. The molecule has 104 valence electrons. The Morgan fingerprint density at radius 2 is 2.00 bits per heavy atom. The lowest BCUT2D eigenvalue weighted by atomic mass is 9.79. The largest absolute Gasteiger partial charge is 0.496 e. The standard InChI is InChI=1S/C14H16BNO4/c1-10-4-3-5-14(17)16(10)9-11-8-12(15(18)19)6-7-13(11)20-2/h3-8,18-19H,9H2,1-2H3. The van der Waals surface area contributed by atoms with Gasteiger partial charge in [0.15, 0.2) is 0 Å². The lowest BCUT2D eigenvalue weighted by molar-refractivity contribution is 0.407. The van der Waals surface area contributed by atoms with Crippen LogP contribution in [0.2, 0.25) is 0 Å². The van der Waals surface area contributed by atoms with Crippen molar-refractivity contribution in [2.45, 2.75) is 13.5 Å². The summed E-state index contributed by atoms with van der Waals surface area (Å²) >= 11 is 0. The van der Waals surface area contributed by atoms with E-state index in [-0.39, 0.29) is 5.56 Å². The SMILES string of the molecule is COc1ccc(B(O)O)cc1Cn1c(C)cccc1=O. The van der Waals surface area contributed by atoms with Crippen LogP contribution in [0.3, 0.4) is 0 Å². The van der Waals surface area contributed by atoms with Crippen LogP contribution in [-0.4, -0.2) is 28.8 Å². The fourth-order valence-corrected chi connectivity index (χ4v) is 2.08. The van der Waals surface area contributed by atoms with E-state index >= 15 is 0 Å². The van der Waals surface area contributed by atoms with E-state index in [0.29, 0.717) is 17.8 Å². The van der Waals surface area contributed by atoms with E-state index in [1.165, 1.54) is 13.2 Å². The molecule has 0 amide bonds. The van der Waals surface area contributed by atoms with Crippen molar-refractivity contribution in [1.29, 1.82) is 0 Å². The molecule has 20 heavy (non-hydrogen) atoms. The Morgan fingerprint density at radius 1 is 1.25 bits per heavy atom. The molecule has 0 atom stereocenters. The molecular formula is C14H16BNO4. The highest BCUT2D eigenvalue weighted by molar-refractivity contribution is 6.58. The van der Waals surface area contributed by atoms with Crippen molar-refractivity contribution in [2.75, 3.05) is 7.11 Å². The molecule has 6 heteroatoms. The molecule has 0 saturated carbocycles. The van der Waals surface area contributed by atoms with Gasteiger partial charge >= 0.3 is 7.12 Å². The molecular weight excluding hydrogens is 257 g/mol. The van der Waals surface area contributed by atoms with E-state index in [1.54, 1.807) is 28.8 Å². The van der Waals surface area contributed by atoms with E-state index in [4.69, 9.17) is 4.74 Å².